The molecule has 4 aliphatic carbocycles. The summed E-state index contributed by atoms with van der Waals surface area (Å²) in [5.74, 6) is -0.483. The third-order valence-corrected chi connectivity index (χ3v) is 18.9. The average molecular weight is 979 g/mol. The number of ether oxygens (including phenoxy) is 6. The molecule has 0 spiro atoms. The van der Waals surface area contributed by atoms with Gasteiger partial charge in [-0.25, -0.2) is 4.89 Å². The van der Waals surface area contributed by atoms with E-state index in [2.05, 4.69) is 39.5 Å². The Bertz CT molecular complexity index is 1730. The van der Waals surface area contributed by atoms with Crippen molar-refractivity contribution in [1.82, 2.24) is 0 Å². The Labute approximate surface area is 398 Å². The fourth-order valence-corrected chi connectivity index (χ4v) is 14.8. The third kappa shape index (κ3) is 9.19. The maximum Gasteiger partial charge on any atom is 0.187 e. The van der Waals surface area contributed by atoms with E-state index >= 15 is 0 Å². The van der Waals surface area contributed by atoms with Gasteiger partial charge in [0.15, 0.2) is 18.9 Å². The highest BCUT2D eigenvalue weighted by atomic mass is 17.1. The predicted octanol–water partition coefficient (Wildman–Crippen LogP) is -0.559. The quantitative estimate of drug-likeness (QED) is 0.0449. The standard InChI is InChI=1S/C48H82O20/c1-43(2,68-61)13-9-14-48(8,67-41-38(60)35(57)32(54)25(20-50)63-41)22-10-16-47(7)30(22)23(52)18-28-45(5)15-12-29(44(3,4)27(45)11-17-46(28,47)6)65-42-39(36(58)33(55)26(21-51)64-42)66-40-37(59)34(56)31(53)24(19-49)62-40/h9,13,22-42,49-61H,10-12,14-21H2,1-8H3/t22-,23-,24+,25+,26+,27?,28+,29+,30-,31+,32+,33+,34-,35-,36-,37+,38+,39+,40-,41-,42-,45-,46+,47+,48-/m0/s1. The van der Waals surface area contributed by atoms with Crippen molar-refractivity contribution in [2.45, 2.75) is 222 Å². The molecule has 25 atom stereocenters. The SMILES string of the molecule is CC(C)(C=CC[C@](C)(O[C@@H]1O[C@H](CO)[C@@H](O)[C@H](O)[C@H]1O)[C@H]1CC[C@]2(C)[C@@H]1[C@@H](O)C[C@@H]1[C@@]3(C)CC[C@@H](O[C@@H]4O[C@H](CO)[C@@H](O)[C@H](O)[C@H]4O[C@@H]4O[C@H](CO)[C@@H](O)[C@H](O)[C@H]4O)C(C)(C)C3CC[C@]12C)OO. The number of rotatable bonds is 14. The molecule has 0 amide bonds. The average Bonchev–Trinajstić information content (AvgIpc) is 3.68. The van der Waals surface area contributed by atoms with Crippen LogP contribution in [-0.2, 0) is 33.3 Å². The monoisotopic (exact) mass is 979 g/mol. The highest BCUT2D eigenvalue weighted by Gasteiger charge is 2.72. The normalized spacial score (nSPS) is 51.7. The van der Waals surface area contributed by atoms with Crippen molar-refractivity contribution in [2.75, 3.05) is 19.8 Å². The van der Waals surface area contributed by atoms with Crippen molar-refractivity contribution < 1.29 is 99.8 Å². The molecule has 20 nitrogen and oxygen atoms in total. The maximum absolute atomic E-state index is 12.7. The van der Waals surface area contributed by atoms with Crippen LogP contribution in [0.4, 0.5) is 0 Å². The Hall–Kier alpha value is -1.06. The lowest BCUT2D eigenvalue weighted by molar-refractivity contribution is -0.378. The minimum absolute atomic E-state index is 0.0490. The zero-order valence-electron chi connectivity index (χ0n) is 40.7. The zero-order chi connectivity index (χ0) is 50.3. The van der Waals surface area contributed by atoms with Gasteiger partial charge in [0.1, 0.15) is 78.8 Å². The second-order valence-electron chi connectivity index (χ2n) is 23.4. The van der Waals surface area contributed by atoms with Gasteiger partial charge in [-0.1, -0.05) is 46.8 Å². The molecular weight excluding hydrogens is 897 g/mol. The van der Waals surface area contributed by atoms with E-state index in [1.807, 2.05) is 13.0 Å². The fraction of sp³-hybridized carbons (Fsp3) is 0.958. The Morgan fingerprint density at radius 2 is 1.12 bits per heavy atom. The van der Waals surface area contributed by atoms with Crippen LogP contribution in [0.25, 0.3) is 0 Å². The lowest BCUT2D eigenvalue weighted by Gasteiger charge is -2.71. The van der Waals surface area contributed by atoms with Crippen LogP contribution >= 0.6 is 0 Å². The van der Waals surface area contributed by atoms with Crippen molar-refractivity contribution in [2.24, 2.45) is 45.3 Å². The third-order valence-electron chi connectivity index (χ3n) is 18.9. The number of hydrogen-bond donors (Lipinski definition) is 13. The van der Waals surface area contributed by atoms with Gasteiger partial charge in [-0.15, -0.1) is 0 Å². The van der Waals surface area contributed by atoms with Crippen LogP contribution in [0.15, 0.2) is 12.2 Å². The van der Waals surface area contributed by atoms with Crippen LogP contribution in [0.3, 0.4) is 0 Å². The topological polar surface area (TPSA) is 328 Å². The van der Waals surface area contributed by atoms with Gasteiger partial charge in [-0.3, -0.25) is 5.26 Å². The first-order valence-corrected chi connectivity index (χ1v) is 24.6. The lowest BCUT2D eigenvalue weighted by atomic mass is 9.35. The Balaban J connectivity index is 1.14. The van der Waals surface area contributed by atoms with Gasteiger partial charge in [0.25, 0.3) is 0 Å². The molecule has 3 aliphatic heterocycles. The minimum Gasteiger partial charge on any atom is -0.394 e. The summed E-state index contributed by atoms with van der Waals surface area (Å²) in [4.78, 5) is 4.67. The summed E-state index contributed by atoms with van der Waals surface area (Å²) < 4.78 is 37.1. The Morgan fingerprint density at radius 1 is 0.588 bits per heavy atom. The van der Waals surface area contributed by atoms with Gasteiger partial charge in [0.2, 0.25) is 0 Å². The molecule has 7 aliphatic rings. The largest absolute Gasteiger partial charge is 0.394 e. The van der Waals surface area contributed by atoms with E-state index in [0.29, 0.717) is 25.7 Å². The van der Waals surface area contributed by atoms with Crippen LogP contribution in [0.2, 0.25) is 0 Å². The van der Waals surface area contributed by atoms with Crippen LogP contribution in [0, 0.1) is 45.3 Å². The van der Waals surface area contributed by atoms with Crippen molar-refractivity contribution in [1.29, 1.82) is 0 Å². The molecule has 7 rings (SSSR count). The first kappa shape index (κ1) is 54.7. The number of aliphatic hydroxyl groups excluding tert-OH is 12. The molecule has 0 bridgehead atoms. The van der Waals surface area contributed by atoms with E-state index in [0.717, 1.165) is 19.3 Å². The molecule has 0 aromatic heterocycles. The molecule has 0 aromatic rings. The van der Waals surface area contributed by atoms with E-state index < -0.39 is 146 Å². The Morgan fingerprint density at radius 3 is 1.69 bits per heavy atom. The van der Waals surface area contributed by atoms with Crippen molar-refractivity contribution in [3.05, 3.63) is 12.2 Å². The number of aliphatic hydroxyl groups is 12. The molecule has 20 heteroatoms. The van der Waals surface area contributed by atoms with E-state index in [-0.39, 0.29) is 40.9 Å². The van der Waals surface area contributed by atoms with E-state index in [9.17, 15) is 66.5 Å². The zero-order valence-corrected chi connectivity index (χ0v) is 40.7. The summed E-state index contributed by atoms with van der Waals surface area (Å²) in [6.07, 6.45) is -16.0. The summed E-state index contributed by atoms with van der Waals surface area (Å²) in [7, 11) is 0. The molecule has 3 heterocycles. The highest BCUT2D eigenvalue weighted by Crippen LogP contribution is 2.76. The fourth-order valence-electron chi connectivity index (χ4n) is 14.8. The van der Waals surface area contributed by atoms with E-state index in [1.165, 1.54) is 0 Å². The number of hydrogen-bond acceptors (Lipinski definition) is 20. The number of fused-ring (bicyclic) bond motifs is 5. The Kier molecular flexibility index (Phi) is 16.1. The smallest absolute Gasteiger partial charge is 0.187 e. The molecule has 7 fully saturated rings. The predicted molar refractivity (Wildman–Crippen MR) is 236 cm³/mol. The van der Waals surface area contributed by atoms with Gasteiger partial charge in [0.05, 0.1) is 37.6 Å². The van der Waals surface area contributed by atoms with Crippen molar-refractivity contribution in [3.8, 4) is 0 Å². The van der Waals surface area contributed by atoms with Crippen molar-refractivity contribution >= 4 is 0 Å². The van der Waals surface area contributed by atoms with Crippen molar-refractivity contribution in [3.63, 3.8) is 0 Å². The molecule has 0 aromatic carbocycles. The van der Waals surface area contributed by atoms with Crippen LogP contribution in [-0.4, -0.2) is 202 Å². The molecule has 13 N–H and O–H groups in total. The van der Waals surface area contributed by atoms with E-state index in [1.54, 1.807) is 19.9 Å². The molecule has 1 unspecified atom stereocenters. The van der Waals surface area contributed by atoms with Crippen LogP contribution in [0.5, 0.6) is 0 Å². The second-order valence-corrected chi connectivity index (χ2v) is 23.4. The first-order valence-electron chi connectivity index (χ1n) is 24.6. The van der Waals surface area contributed by atoms with Gasteiger partial charge < -0.3 is 89.7 Å². The van der Waals surface area contributed by atoms with E-state index in [4.69, 9.17) is 28.4 Å². The van der Waals surface area contributed by atoms with Gasteiger partial charge in [-0.2, -0.15) is 0 Å². The molecule has 394 valence electrons. The van der Waals surface area contributed by atoms with Gasteiger partial charge in [-0.05, 0) is 117 Å². The van der Waals surface area contributed by atoms with Gasteiger partial charge >= 0.3 is 0 Å². The highest BCUT2D eigenvalue weighted by molar-refractivity contribution is 5.21. The summed E-state index contributed by atoms with van der Waals surface area (Å²) in [6, 6.07) is 0. The van der Waals surface area contributed by atoms with Gasteiger partial charge in [0, 0.05) is 0 Å². The molecule has 0 radical (unpaired) electrons. The van der Waals surface area contributed by atoms with Crippen LogP contribution in [0.1, 0.15) is 107 Å². The maximum atomic E-state index is 12.7. The van der Waals surface area contributed by atoms with Crippen LogP contribution < -0.4 is 0 Å². The first-order chi connectivity index (χ1) is 31.7. The molecule has 68 heavy (non-hydrogen) atoms. The summed E-state index contributed by atoms with van der Waals surface area (Å²) >= 11 is 0. The summed E-state index contributed by atoms with van der Waals surface area (Å²) in [6.45, 7) is 14.5. The second kappa shape index (κ2) is 20.0. The minimum atomic E-state index is -1.81. The molecule has 4 saturated carbocycles. The molecular formula is C48H82O20. The summed E-state index contributed by atoms with van der Waals surface area (Å²) in [5, 5.41) is 139. The summed E-state index contributed by atoms with van der Waals surface area (Å²) in [5.41, 5.74) is -3.73. The lowest BCUT2D eigenvalue weighted by Crippen LogP contribution is -2.68. The molecule has 3 saturated heterocycles.